The fraction of sp³-hybridized carbons (Fsp3) is 0.500. The number of nitrogens with zero attached hydrogens (tertiary/aromatic N) is 3. The maximum atomic E-state index is 12.2. The Bertz CT molecular complexity index is 723. The third-order valence-electron chi connectivity index (χ3n) is 3.64. The molecule has 2 aliphatic heterocycles. The average Bonchev–Trinajstić information content (AvgIpc) is 3.05. The van der Waals surface area contributed by atoms with Gasteiger partial charge in [0.2, 0.25) is 5.72 Å². The van der Waals surface area contributed by atoms with Gasteiger partial charge in [-0.3, -0.25) is 15.4 Å². The molecule has 0 radical (unpaired) electrons. The highest BCUT2D eigenvalue weighted by Crippen LogP contribution is 2.46. The highest BCUT2D eigenvalue weighted by Gasteiger charge is 2.63. The van der Waals surface area contributed by atoms with Crippen LogP contribution in [0.2, 0.25) is 0 Å². The van der Waals surface area contributed by atoms with E-state index in [0.29, 0.717) is 26.4 Å². The Morgan fingerprint density at radius 3 is 2.92 bits per heavy atom. The Morgan fingerprint density at radius 1 is 1.58 bits per heavy atom. The van der Waals surface area contributed by atoms with E-state index < -0.39 is 23.0 Å². The molecule has 12 heteroatoms. The number of carbonyl (C=O) groups is 2. The molecule has 3 heterocycles. The lowest BCUT2D eigenvalue weighted by atomic mass is 10.00. The van der Waals surface area contributed by atoms with Crippen molar-refractivity contribution in [3.05, 3.63) is 16.3 Å². The van der Waals surface area contributed by atoms with Crippen LogP contribution < -0.4 is 5.73 Å². The minimum Gasteiger partial charge on any atom is -0.477 e. The van der Waals surface area contributed by atoms with Crippen LogP contribution in [0.4, 0.5) is 0 Å². The summed E-state index contributed by atoms with van der Waals surface area (Å²) in [5.74, 6) is -0.941. The topological polar surface area (TPSA) is 139 Å². The Hall–Kier alpha value is -1.18. The van der Waals surface area contributed by atoms with Gasteiger partial charge >= 0.3 is 5.97 Å². The van der Waals surface area contributed by atoms with Gasteiger partial charge in [-0.25, -0.2) is 4.79 Å². The lowest BCUT2D eigenvalue weighted by molar-refractivity contribution is -0.182. The van der Waals surface area contributed by atoms with Crippen LogP contribution in [0.5, 0.6) is 0 Å². The number of aliphatic hydroxyl groups is 1. The minimum absolute atomic E-state index is 0.0405. The zero-order chi connectivity index (χ0) is 17.5. The molecule has 0 saturated carbocycles. The normalized spacial score (nSPS) is 26.4. The summed E-state index contributed by atoms with van der Waals surface area (Å²) in [6.45, 7) is -0.184. The van der Waals surface area contributed by atoms with E-state index in [1.54, 1.807) is 0 Å². The number of aliphatic hydroxyl groups excluding tert-OH is 1. The van der Waals surface area contributed by atoms with E-state index in [2.05, 4.69) is 10.2 Å². The largest absolute Gasteiger partial charge is 0.477 e. The van der Waals surface area contributed by atoms with Crippen molar-refractivity contribution in [2.75, 3.05) is 18.6 Å². The molecule has 9 nitrogen and oxygen atoms in total. The maximum Gasteiger partial charge on any atom is 0.352 e. The van der Waals surface area contributed by atoms with Crippen LogP contribution in [-0.4, -0.2) is 66.9 Å². The number of ether oxygens (including phenoxy) is 1. The van der Waals surface area contributed by atoms with Crippen LogP contribution in [0.1, 0.15) is 5.01 Å². The number of aromatic nitrogens is 2. The molecule has 0 aliphatic carbocycles. The number of carbonyl (C=O) groups excluding carboxylic acids is 1. The molecule has 0 unspecified atom stereocenters. The SMILES string of the molecule is CO[C@@]1(N)C(=O)N2C(C(=O)O)=C(CSc3nnc(CO)s3)CS[C@H]21. The van der Waals surface area contributed by atoms with Gasteiger partial charge in [0.1, 0.15) is 16.1 Å². The van der Waals surface area contributed by atoms with Crippen LogP contribution in [0, 0.1) is 0 Å². The zero-order valence-electron chi connectivity index (χ0n) is 12.5. The molecule has 1 aromatic heterocycles. The predicted octanol–water partition coefficient (Wildman–Crippen LogP) is -0.322. The third kappa shape index (κ3) is 2.72. The first kappa shape index (κ1) is 17.6. The summed E-state index contributed by atoms with van der Waals surface area (Å²) in [6.07, 6.45) is 0. The summed E-state index contributed by atoms with van der Waals surface area (Å²) < 4.78 is 5.70. The van der Waals surface area contributed by atoms with E-state index >= 15 is 0 Å². The standard InChI is InChI=1S/C12H14N4O5S3/c1-21-12(13)9(20)16-7(8(18)19)5(3-22-10(12)16)4-23-11-15-14-6(2-17)24-11/h10,17H,2-4,13H2,1H3,(H,18,19)/t10-,12-/m0/s1. The van der Waals surface area contributed by atoms with Gasteiger partial charge in [-0.15, -0.1) is 22.0 Å². The van der Waals surface area contributed by atoms with E-state index in [0.717, 1.165) is 0 Å². The van der Waals surface area contributed by atoms with Gasteiger partial charge in [0.05, 0.1) is 6.61 Å². The smallest absolute Gasteiger partial charge is 0.352 e. The monoisotopic (exact) mass is 390 g/mol. The Morgan fingerprint density at radius 2 is 2.33 bits per heavy atom. The van der Waals surface area contributed by atoms with Gasteiger partial charge in [-0.2, -0.15) is 0 Å². The highest BCUT2D eigenvalue weighted by atomic mass is 32.2. The number of hydrogen-bond donors (Lipinski definition) is 3. The first-order valence-corrected chi connectivity index (χ1v) is 9.58. The molecule has 0 spiro atoms. The number of fused-ring (bicyclic) bond motifs is 1. The summed E-state index contributed by atoms with van der Waals surface area (Å²) in [7, 11) is 1.33. The van der Waals surface area contributed by atoms with E-state index in [1.807, 2.05) is 0 Å². The van der Waals surface area contributed by atoms with Crippen LogP contribution in [0.3, 0.4) is 0 Å². The van der Waals surface area contributed by atoms with Gasteiger partial charge in [-0.1, -0.05) is 23.1 Å². The van der Waals surface area contributed by atoms with Crippen molar-refractivity contribution < 1.29 is 24.5 Å². The van der Waals surface area contributed by atoms with Gasteiger partial charge in [0.15, 0.2) is 4.34 Å². The number of carboxylic acid groups (broad SMARTS) is 1. The molecule has 1 fully saturated rings. The summed E-state index contributed by atoms with van der Waals surface area (Å²) in [5.41, 5.74) is 4.99. The number of nitrogens with two attached hydrogens (primary N) is 1. The molecule has 130 valence electrons. The van der Waals surface area contributed by atoms with Crippen LogP contribution >= 0.6 is 34.9 Å². The molecular formula is C12H14N4O5S3. The van der Waals surface area contributed by atoms with Crippen molar-refractivity contribution in [3.63, 3.8) is 0 Å². The fourth-order valence-electron chi connectivity index (χ4n) is 2.42. The van der Waals surface area contributed by atoms with Crippen LogP contribution in [-0.2, 0) is 20.9 Å². The van der Waals surface area contributed by atoms with Crippen molar-refractivity contribution >= 4 is 46.7 Å². The molecule has 0 bridgehead atoms. The zero-order valence-corrected chi connectivity index (χ0v) is 14.9. The van der Waals surface area contributed by atoms with E-state index in [-0.39, 0.29) is 12.3 Å². The molecule has 1 saturated heterocycles. The Labute approximate surface area is 149 Å². The average molecular weight is 390 g/mol. The number of carboxylic acids is 1. The minimum atomic E-state index is -1.47. The number of aliphatic carboxylic acids is 1. The van der Waals surface area contributed by atoms with Crippen molar-refractivity contribution in [1.82, 2.24) is 15.1 Å². The summed E-state index contributed by atoms with van der Waals surface area (Å²) in [4.78, 5) is 25.1. The first-order chi connectivity index (χ1) is 11.4. The Balaban J connectivity index is 1.81. The van der Waals surface area contributed by atoms with Crippen molar-refractivity contribution in [2.24, 2.45) is 5.73 Å². The molecule has 2 atom stereocenters. The summed E-state index contributed by atoms with van der Waals surface area (Å²) in [5, 5.41) is 26.2. The summed E-state index contributed by atoms with van der Waals surface area (Å²) in [6, 6.07) is 0. The number of rotatable bonds is 6. The lowest BCUT2D eigenvalue weighted by Gasteiger charge is -2.54. The molecule has 4 N–H and O–H groups in total. The van der Waals surface area contributed by atoms with E-state index in [4.69, 9.17) is 15.6 Å². The number of amides is 1. The number of methoxy groups -OCH3 is 1. The molecule has 24 heavy (non-hydrogen) atoms. The lowest BCUT2D eigenvalue weighted by Crippen LogP contribution is -2.78. The second-order valence-corrected chi connectivity index (χ2v) is 8.35. The van der Waals surface area contributed by atoms with Crippen LogP contribution in [0.25, 0.3) is 0 Å². The highest BCUT2D eigenvalue weighted by molar-refractivity contribution is 8.01. The van der Waals surface area contributed by atoms with Crippen LogP contribution in [0.15, 0.2) is 15.6 Å². The van der Waals surface area contributed by atoms with Gasteiger partial charge in [0, 0.05) is 18.6 Å². The molecule has 0 aromatic carbocycles. The second kappa shape index (κ2) is 6.61. The number of hydrogen-bond acceptors (Lipinski definition) is 10. The quantitative estimate of drug-likeness (QED) is 0.336. The van der Waals surface area contributed by atoms with E-state index in [9.17, 15) is 14.7 Å². The molecule has 2 aliphatic rings. The second-order valence-electron chi connectivity index (χ2n) is 5.00. The predicted molar refractivity (Wildman–Crippen MR) is 88.2 cm³/mol. The molecule has 1 aromatic rings. The maximum absolute atomic E-state index is 12.2. The van der Waals surface area contributed by atoms with Crippen molar-refractivity contribution in [1.29, 1.82) is 0 Å². The third-order valence-corrected chi connectivity index (χ3v) is 7.16. The molecule has 1 amide bonds. The van der Waals surface area contributed by atoms with E-state index in [1.165, 1.54) is 46.9 Å². The first-order valence-electron chi connectivity index (χ1n) is 6.73. The summed E-state index contributed by atoms with van der Waals surface area (Å²) >= 11 is 3.93. The molecular weight excluding hydrogens is 376 g/mol. The Kier molecular flexibility index (Phi) is 4.86. The number of thioether (sulfide) groups is 2. The fourth-order valence-corrected chi connectivity index (χ4v) is 5.71. The molecule has 3 rings (SSSR count). The number of β-lactam (4-membered cyclic amide) rings is 1. The van der Waals surface area contributed by atoms with Crippen molar-refractivity contribution in [3.8, 4) is 0 Å². The van der Waals surface area contributed by atoms with Gasteiger partial charge < -0.3 is 14.9 Å². The van der Waals surface area contributed by atoms with Gasteiger partial charge in [-0.05, 0) is 5.57 Å². The van der Waals surface area contributed by atoms with Gasteiger partial charge in [0.25, 0.3) is 5.91 Å². The van der Waals surface area contributed by atoms with Crippen molar-refractivity contribution in [2.45, 2.75) is 22.0 Å².